The molecule has 0 radical (unpaired) electrons. The smallest absolute Gasteiger partial charge is 0.315 e. The number of hydrogen-bond acceptors (Lipinski definition) is 4. The second-order valence-corrected chi connectivity index (χ2v) is 5.88. The SMILES string of the molecule is C=CCN(C(=O)Cn1cnc2c1c(=O)n(C)c(=O)n2C)c1ccccc1. The zero-order valence-electron chi connectivity index (χ0n) is 14.6. The molecular weight excluding hydrogens is 334 g/mol. The number of carbonyl (C=O) groups excluding carboxylic acids is 1. The second kappa shape index (κ2) is 6.83. The first-order chi connectivity index (χ1) is 12.5. The van der Waals surface area contributed by atoms with Crippen LogP contribution in [0.4, 0.5) is 5.69 Å². The number of para-hydroxylation sites is 1. The minimum Gasteiger partial charge on any atom is -0.315 e. The van der Waals surface area contributed by atoms with E-state index in [0.717, 1.165) is 10.3 Å². The molecule has 8 heteroatoms. The molecule has 26 heavy (non-hydrogen) atoms. The highest BCUT2D eigenvalue weighted by Crippen LogP contribution is 2.15. The van der Waals surface area contributed by atoms with E-state index in [0.29, 0.717) is 6.54 Å². The van der Waals surface area contributed by atoms with Crippen molar-refractivity contribution in [1.29, 1.82) is 0 Å². The van der Waals surface area contributed by atoms with E-state index in [1.54, 1.807) is 11.0 Å². The summed E-state index contributed by atoms with van der Waals surface area (Å²) in [5.74, 6) is -0.216. The van der Waals surface area contributed by atoms with Crippen molar-refractivity contribution in [1.82, 2.24) is 18.7 Å². The molecule has 0 bridgehead atoms. The molecule has 0 saturated carbocycles. The maximum Gasteiger partial charge on any atom is 0.332 e. The molecule has 3 rings (SSSR count). The fourth-order valence-corrected chi connectivity index (χ4v) is 2.84. The van der Waals surface area contributed by atoms with Crippen LogP contribution in [0.5, 0.6) is 0 Å². The van der Waals surface area contributed by atoms with Gasteiger partial charge in [-0.05, 0) is 12.1 Å². The lowest BCUT2D eigenvalue weighted by atomic mass is 10.2. The zero-order valence-corrected chi connectivity index (χ0v) is 14.6. The van der Waals surface area contributed by atoms with E-state index in [1.165, 1.54) is 29.6 Å². The third-order valence-corrected chi connectivity index (χ3v) is 4.20. The van der Waals surface area contributed by atoms with Crippen LogP contribution in [0.3, 0.4) is 0 Å². The number of fused-ring (bicyclic) bond motifs is 1. The molecule has 8 nitrogen and oxygen atoms in total. The van der Waals surface area contributed by atoms with Crippen molar-refractivity contribution < 1.29 is 4.79 Å². The van der Waals surface area contributed by atoms with Crippen LogP contribution >= 0.6 is 0 Å². The van der Waals surface area contributed by atoms with Gasteiger partial charge in [0.1, 0.15) is 6.54 Å². The van der Waals surface area contributed by atoms with Crippen LogP contribution in [0.15, 0.2) is 58.9 Å². The quantitative estimate of drug-likeness (QED) is 0.631. The summed E-state index contributed by atoms with van der Waals surface area (Å²) < 4.78 is 3.76. The highest BCUT2D eigenvalue weighted by atomic mass is 16.2. The molecule has 134 valence electrons. The maximum atomic E-state index is 12.8. The molecule has 3 aromatic rings. The number of imidazole rings is 1. The van der Waals surface area contributed by atoms with E-state index in [1.807, 2.05) is 30.3 Å². The highest BCUT2D eigenvalue weighted by Gasteiger charge is 2.19. The number of carbonyl (C=O) groups is 1. The Kier molecular flexibility index (Phi) is 4.57. The van der Waals surface area contributed by atoms with Crippen LogP contribution in [0.1, 0.15) is 0 Å². The Bertz CT molecular complexity index is 1090. The van der Waals surface area contributed by atoms with Crippen LogP contribution in [0, 0.1) is 0 Å². The minimum absolute atomic E-state index is 0.0767. The van der Waals surface area contributed by atoms with Crippen molar-refractivity contribution >= 4 is 22.8 Å². The molecule has 2 aromatic heterocycles. The molecule has 0 fully saturated rings. The molecule has 0 atom stereocenters. The number of nitrogens with zero attached hydrogens (tertiary/aromatic N) is 5. The lowest BCUT2D eigenvalue weighted by Gasteiger charge is -2.21. The number of anilines is 1. The van der Waals surface area contributed by atoms with Crippen LogP contribution < -0.4 is 16.1 Å². The van der Waals surface area contributed by atoms with Crippen molar-refractivity contribution in [3.63, 3.8) is 0 Å². The third-order valence-electron chi connectivity index (χ3n) is 4.20. The maximum absolute atomic E-state index is 12.8. The number of aryl methyl sites for hydroxylation is 1. The molecule has 0 aliphatic carbocycles. The van der Waals surface area contributed by atoms with Crippen molar-refractivity contribution in [3.05, 3.63) is 70.2 Å². The molecule has 0 saturated heterocycles. The number of benzene rings is 1. The Balaban J connectivity index is 2.03. The molecule has 1 aromatic carbocycles. The molecular formula is C18H19N5O3. The lowest BCUT2D eigenvalue weighted by molar-refractivity contribution is -0.119. The predicted octanol–water partition coefficient (Wildman–Crippen LogP) is 0.653. The van der Waals surface area contributed by atoms with E-state index in [2.05, 4.69) is 11.6 Å². The standard InChI is InChI=1S/C18H19N5O3/c1-4-10-23(13-8-6-5-7-9-13)14(24)11-22-12-19-16-15(22)17(25)21(3)18(26)20(16)2/h4-9,12H,1,10-11H2,2-3H3. The monoisotopic (exact) mass is 353 g/mol. The van der Waals surface area contributed by atoms with Gasteiger partial charge in [0.15, 0.2) is 11.2 Å². The van der Waals surface area contributed by atoms with Crippen LogP contribution in [-0.2, 0) is 25.4 Å². The predicted molar refractivity (Wildman–Crippen MR) is 99.2 cm³/mol. The van der Waals surface area contributed by atoms with Gasteiger partial charge in [-0.1, -0.05) is 24.3 Å². The summed E-state index contributed by atoms with van der Waals surface area (Å²) in [5, 5.41) is 0. The fraction of sp³-hybridized carbons (Fsp3) is 0.222. The Labute approximate surface area is 149 Å². The van der Waals surface area contributed by atoms with Crippen molar-refractivity contribution in [2.45, 2.75) is 6.54 Å². The molecule has 0 aliphatic heterocycles. The van der Waals surface area contributed by atoms with Crippen molar-refractivity contribution in [2.24, 2.45) is 14.1 Å². The zero-order chi connectivity index (χ0) is 18.8. The van der Waals surface area contributed by atoms with Crippen LogP contribution in [0.2, 0.25) is 0 Å². The average Bonchev–Trinajstić information content (AvgIpc) is 3.07. The lowest BCUT2D eigenvalue weighted by Crippen LogP contribution is -2.38. The van der Waals surface area contributed by atoms with Gasteiger partial charge in [-0.25, -0.2) is 9.78 Å². The Morgan fingerprint density at radius 3 is 2.54 bits per heavy atom. The van der Waals surface area contributed by atoms with Crippen molar-refractivity contribution in [3.8, 4) is 0 Å². The number of aromatic nitrogens is 4. The van der Waals surface area contributed by atoms with Crippen LogP contribution in [-0.4, -0.2) is 31.1 Å². The fourth-order valence-electron chi connectivity index (χ4n) is 2.84. The van der Waals surface area contributed by atoms with E-state index < -0.39 is 11.2 Å². The van der Waals surface area contributed by atoms with Gasteiger partial charge in [0.25, 0.3) is 5.56 Å². The summed E-state index contributed by atoms with van der Waals surface area (Å²) in [4.78, 5) is 43.0. The number of rotatable bonds is 5. The van der Waals surface area contributed by atoms with E-state index in [-0.39, 0.29) is 23.6 Å². The minimum atomic E-state index is -0.483. The molecule has 0 aliphatic rings. The Hall–Kier alpha value is -3.42. The molecule has 0 unspecified atom stereocenters. The van der Waals surface area contributed by atoms with Gasteiger partial charge in [-0.3, -0.25) is 18.7 Å². The summed E-state index contributed by atoms with van der Waals surface area (Å²) in [6, 6.07) is 9.22. The summed E-state index contributed by atoms with van der Waals surface area (Å²) in [6.45, 7) is 3.96. The molecule has 0 spiro atoms. The van der Waals surface area contributed by atoms with Crippen LogP contribution in [0.25, 0.3) is 11.2 Å². The van der Waals surface area contributed by atoms with Crippen molar-refractivity contribution in [2.75, 3.05) is 11.4 Å². The van der Waals surface area contributed by atoms with Gasteiger partial charge in [0.05, 0.1) is 6.33 Å². The largest absolute Gasteiger partial charge is 0.332 e. The Morgan fingerprint density at radius 2 is 1.88 bits per heavy atom. The molecule has 0 N–H and O–H groups in total. The highest BCUT2D eigenvalue weighted by molar-refractivity contribution is 5.94. The number of hydrogen-bond donors (Lipinski definition) is 0. The van der Waals surface area contributed by atoms with E-state index in [4.69, 9.17) is 0 Å². The van der Waals surface area contributed by atoms with Gasteiger partial charge >= 0.3 is 5.69 Å². The summed E-state index contributed by atoms with van der Waals surface area (Å²) in [6.07, 6.45) is 3.04. The first-order valence-electron chi connectivity index (χ1n) is 8.03. The van der Waals surface area contributed by atoms with E-state index in [9.17, 15) is 14.4 Å². The van der Waals surface area contributed by atoms with Gasteiger partial charge in [-0.15, -0.1) is 6.58 Å². The summed E-state index contributed by atoms with van der Waals surface area (Å²) in [5.41, 5.74) is 0.262. The van der Waals surface area contributed by atoms with Gasteiger partial charge < -0.3 is 9.47 Å². The second-order valence-electron chi connectivity index (χ2n) is 5.88. The topological polar surface area (TPSA) is 82.1 Å². The molecule has 2 heterocycles. The normalized spacial score (nSPS) is 10.8. The van der Waals surface area contributed by atoms with Gasteiger partial charge in [-0.2, -0.15) is 0 Å². The van der Waals surface area contributed by atoms with Gasteiger partial charge in [0, 0.05) is 26.3 Å². The van der Waals surface area contributed by atoms with E-state index >= 15 is 0 Å². The molecule has 1 amide bonds. The average molecular weight is 353 g/mol. The Morgan fingerprint density at radius 1 is 1.19 bits per heavy atom. The first-order valence-corrected chi connectivity index (χ1v) is 8.03. The summed E-state index contributed by atoms with van der Waals surface area (Å²) in [7, 11) is 2.94. The number of amides is 1. The summed E-state index contributed by atoms with van der Waals surface area (Å²) >= 11 is 0. The first kappa shape index (κ1) is 17.4. The van der Waals surface area contributed by atoms with Gasteiger partial charge in [0.2, 0.25) is 5.91 Å². The third kappa shape index (κ3) is 2.85.